The average molecular weight is 341 g/mol. The predicted octanol–water partition coefficient (Wildman–Crippen LogP) is 3.49. The van der Waals surface area contributed by atoms with Gasteiger partial charge < -0.3 is 14.6 Å². The quantitative estimate of drug-likeness (QED) is 0.645. The summed E-state index contributed by atoms with van der Waals surface area (Å²) in [5.41, 5.74) is 3.18. The van der Waals surface area contributed by atoms with Crippen LogP contribution in [0.3, 0.4) is 0 Å². The van der Waals surface area contributed by atoms with Crippen LogP contribution in [0.25, 0.3) is 17.1 Å². The molecule has 1 aromatic carbocycles. The Morgan fingerprint density at radius 1 is 1.40 bits per heavy atom. The molecular formula is C20H27N3O2. The number of hydrogen-bond donors (Lipinski definition) is 1. The van der Waals surface area contributed by atoms with Gasteiger partial charge in [-0.05, 0) is 56.1 Å². The molecule has 1 saturated heterocycles. The molecule has 0 unspecified atom stereocenters. The Balaban J connectivity index is 1.97. The van der Waals surface area contributed by atoms with Crippen molar-refractivity contribution < 1.29 is 9.53 Å². The van der Waals surface area contributed by atoms with Gasteiger partial charge in [0.1, 0.15) is 5.82 Å². The summed E-state index contributed by atoms with van der Waals surface area (Å²) in [5.74, 6) is 0.849. The van der Waals surface area contributed by atoms with E-state index in [1.807, 2.05) is 6.07 Å². The monoisotopic (exact) mass is 341 g/mol. The summed E-state index contributed by atoms with van der Waals surface area (Å²) in [4.78, 5) is 16.2. The van der Waals surface area contributed by atoms with Crippen LogP contribution in [0.4, 0.5) is 0 Å². The van der Waals surface area contributed by atoms with Gasteiger partial charge in [0.25, 0.3) is 0 Å². The van der Waals surface area contributed by atoms with Gasteiger partial charge in [0.2, 0.25) is 0 Å². The lowest BCUT2D eigenvalue weighted by atomic mass is 10.1. The number of carbonyl (C=O) groups is 1. The summed E-state index contributed by atoms with van der Waals surface area (Å²) in [7, 11) is 1.39. The van der Waals surface area contributed by atoms with E-state index in [1.54, 1.807) is 6.08 Å². The number of unbranched alkanes of at least 4 members (excludes halogenated alkanes) is 1. The molecule has 5 nitrogen and oxygen atoms in total. The van der Waals surface area contributed by atoms with E-state index >= 15 is 0 Å². The minimum Gasteiger partial charge on any atom is -0.466 e. The van der Waals surface area contributed by atoms with Crippen LogP contribution in [-0.2, 0) is 16.0 Å². The van der Waals surface area contributed by atoms with Crippen LogP contribution in [0, 0.1) is 0 Å². The van der Waals surface area contributed by atoms with Gasteiger partial charge in [0, 0.05) is 18.5 Å². The van der Waals surface area contributed by atoms with Crippen molar-refractivity contribution in [1.82, 2.24) is 14.9 Å². The van der Waals surface area contributed by atoms with Gasteiger partial charge in [-0.1, -0.05) is 19.4 Å². The van der Waals surface area contributed by atoms with Gasteiger partial charge in [-0.2, -0.15) is 0 Å². The van der Waals surface area contributed by atoms with Crippen molar-refractivity contribution in [3.05, 3.63) is 35.7 Å². The SMILES string of the molecule is CCCCc1nc2cc(/C=C/C(=O)OC)ccc2n1C1CCNCC1. The fourth-order valence-corrected chi connectivity index (χ4v) is 3.49. The van der Waals surface area contributed by atoms with E-state index in [0.717, 1.165) is 49.9 Å². The number of hydrogen-bond acceptors (Lipinski definition) is 4. The molecule has 0 atom stereocenters. The number of aromatic nitrogens is 2. The topological polar surface area (TPSA) is 56.1 Å². The molecule has 0 bridgehead atoms. The van der Waals surface area contributed by atoms with Crippen LogP contribution in [0.5, 0.6) is 0 Å². The van der Waals surface area contributed by atoms with Gasteiger partial charge in [-0.25, -0.2) is 9.78 Å². The molecule has 0 spiro atoms. The highest BCUT2D eigenvalue weighted by atomic mass is 16.5. The lowest BCUT2D eigenvalue weighted by Gasteiger charge is -2.26. The van der Waals surface area contributed by atoms with Crippen molar-refractivity contribution >= 4 is 23.1 Å². The Hall–Kier alpha value is -2.14. The number of nitrogens with one attached hydrogen (secondary N) is 1. The molecule has 1 fully saturated rings. The molecule has 2 aromatic rings. The first-order valence-corrected chi connectivity index (χ1v) is 9.20. The van der Waals surface area contributed by atoms with E-state index in [9.17, 15) is 4.79 Å². The Labute approximate surface area is 149 Å². The van der Waals surface area contributed by atoms with Crippen molar-refractivity contribution in [2.75, 3.05) is 20.2 Å². The van der Waals surface area contributed by atoms with E-state index < -0.39 is 0 Å². The fraction of sp³-hybridized carbons (Fsp3) is 0.500. The second-order valence-electron chi connectivity index (χ2n) is 6.59. The molecule has 0 aliphatic carbocycles. The van der Waals surface area contributed by atoms with Crippen LogP contribution in [0.2, 0.25) is 0 Å². The second-order valence-corrected chi connectivity index (χ2v) is 6.59. The number of piperidine rings is 1. The van der Waals surface area contributed by atoms with E-state index in [1.165, 1.54) is 30.9 Å². The molecule has 1 aromatic heterocycles. The molecule has 2 heterocycles. The number of ether oxygens (including phenoxy) is 1. The van der Waals surface area contributed by atoms with Crippen LogP contribution >= 0.6 is 0 Å². The van der Waals surface area contributed by atoms with E-state index in [4.69, 9.17) is 4.98 Å². The van der Waals surface area contributed by atoms with Crippen molar-refractivity contribution in [3.8, 4) is 0 Å². The van der Waals surface area contributed by atoms with Crippen molar-refractivity contribution in [3.63, 3.8) is 0 Å². The summed E-state index contributed by atoms with van der Waals surface area (Å²) in [6, 6.07) is 6.76. The first-order chi connectivity index (χ1) is 12.2. The summed E-state index contributed by atoms with van der Waals surface area (Å²) in [6.07, 6.45) is 8.86. The molecule has 25 heavy (non-hydrogen) atoms. The molecule has 1 N–H and O–H groups in total. The maximum absolute atomic E-state index is 11.3. The number of methoxy groups -OCH3 is 1. The van der Waals surface area contributed by atoms with E-state index in [2.05, 4.69) is 33.7 Å². The Morgan fingerprint density at radius 2 is 2.20 bits per heavy atom. The number of esters is 1. The number of benzene rings is 1. The van der Waals surface area contributed by atoms with Gasteiger partial charge in [-0.15, -0.1) is 0 Å². The first kappa shape index (κ1) is 17.7. The third kappa shape index (κ3) is 4.10. The summed E-state index contributed by atoms with van der Waals surface area (Å²) >= 11 is 0. The number of carbonyl (C=O) groups excluding carboxylic acids is 1. The Morgan fingerprint density at radius 3 is 2.92 bits per heavy atom. The minimum atomic E-state index is -0.344. The van der Waals surface area contributed by atoms with E-state index in [0.29, 0.717) is 6.04 Å². The Bertz CT molecular complexity index is 758. The first-order valence-electron chi connectivity index (χ1n) is 9.20. The zero-order valence-corrected chi connectivity index (χ0v) is 15.1. The van der Waals surface area contributed by atoms with Gasteiger partial charge in [0.05, 0.1) is 18.1 Å². The lowest BCUT2D eigenvalue weighted by Crippen LogP contribution is -2.30. The molecule has 1 aliphatic rings. The van der Waals surface area contributed by atoms with Crippen LogP contribution < -0.4 is 5.32 Å². The fourth-order valence-electron chi connectivity index (χ4n) is 3.49. The molecule has 5 heteroatoms. The standard InChI is InChI=1S/C20H27N3O2/c1-3-4-5-19-22-17-14-15(7-9-20(24)25-2)6-8-18(17)23(19)16-10-12-21-13-11-16/h6-9,14,16,21H,3-5,10-13H2,1-2H3/b9-7+. The minimum absolute atomic E-state index is 0.344. The molecular weight excluding hydrogens is 314 g/mol. The van der Waals surface area contributed by atoms with Gasteiger partial charge in [-0.3, -0.25) is 0 Å². The predicted molar refractivity (Wildman–Crippen MR) is 101 cm³/mol. The summed E-state index contributed by atoms with van der Waals surface area (Å²) in [6.45, 7) is 4.35. The van der Waals surface area contributed by atoms with Crippen LogP contribution in [0.15, 0.2) is 24.3 Å². The highest BCUT2D eigenvalue weighted by molar-refractivity contribution is 5.88. The smallest absolute Gasteiger partial charge is 0.330 e. The summed E-state index contributed by atoms with van der Waals surface area (Å²) in [5, 5.41) is 3.44. The van der Waals surface area contributed by atoms with Crippen molar-refractivity contribution in [2.45, 2.75) is 45.1 Å². The normalized spacial score (nSPS) is 15.9. The molecule has 0 amide bonds. The van der Waals surface area contributed by atoms with Crippen LogP contribution in [0.1, 0.15) is 50.0 Å². The molecule has 134 valence electrons. The van der Waals surface area contributed by atoms with Gasteiger partial charge in [0.15, 0.2) is 0 Å². The molecule has 3 rings (SSSR count). The maximum Gasteiger partial charge on any atom is 0.330 e. The number of rotatable bonds is 6. The summed E-state index contributed by atoms with van der Waals surface area (Å²) < 4.78 is 7.11. The largest absolute Gasteiger partial charge is 0.466 e. The zero-order chi connectivity index (χ0) is 17.6. The maximum atomic E-state index is 11.3. The second kappa shape index (κ2) is 8.30. The van der Waals surface area contributed by atoms with Gasteiger partial charge >= 0.3 is 5.97 Å². The number of nitrogens with zero attached hydrogens (tertiary/aromatic N) is 2. The lowest BCUT2D eigenvalue weighted by molar-refractivity contribution is -0.134. The number of fused-ring (bicyclic) bond motifs is 1. The van der Waals surface area contributed by atoms with E-state index in [-0.39, 0.29) is 5.97 Å². The molecule has 0 saturated carbocycles. The average Bonchev–Trinajstić information content (AvgIpc) is 3.02. The highest BCUT2D eigenvalue weighted by Gasteiger charge is 2.21. The van der Waals surface area contributed by atoms with Crippen molar-refractivity contribution in [2.24, 2.45) is 0 Å². The molecule has 1 aliphatic heterocycles. The highest BCUT2D eigenvalue weighted by Crippen LogP contribution is 2.28. The Kier molecular flexibility index (Phi) is 5.87. The van der Waals surface area contributed by atoms with Crippen LogP contribution in [-0.4, -0.2) is 35.7 Å². The third-order valence-corrected chi connectivity index (χ3v) is 4.83. The number of imidazole rings is 1. The number of aryl methyl sites for hydroxylation is 1. The zero-order valence-electron chi connectivity index (χ0n) is 15.1. The van der Waals surface area contributed by atoms with Crippen molar-refractivity contribution in [1.29, 1.82) is 0 Å². The molecule has 0 radical (unpaired) electrons. The third-order valence-electron chi connectivity index (χ3n) is 4.83.